The summed E-state index contributed by atoms with van der Waals surface area (Å²) in [5.41, 5.74) is 20.0. The maximum atomic E-state index is 13.3. The molecule has 11 atom stereocenters. The van der Waals surface area contributed by atoms with Gasteiger partial charge in [-0.3, -0.25) is 43.7 Å². The highest BCUT2D eigenvalue weighted by Gasteiger charge is 2.47. The molecule has 25 nitrogen and oxygen atoms in total. The molecule has 1 fully saturated rings. The van der Waals surface area contributed by atoms with Gasteiger partial charge in [0.05, 0.1) is 25.3 Å². The van der Waals surface area contributed by atoms with Crippen LogP contribution < -0.4 is 43.4 Å². The number of nitrogens with one attached hydrogen (secondary N) is 6. The number of aliphatic carboxylic acids is 1. The van der Waals surface area contributed by atoms with Crippen molar-refractivity contribution in [2.24, 2.45) is 16.6 Å². The molecule has 1 aliphatic heterocycles. The molecule has 56 heavy (non-hydrogen) atoms. The fraction of sp³-hybridized carbons (Fsp3) is 0.742. The first-order valence-corrected chi connectivity index (χ1v) is 17.6. The van der Waals surface area contributed by atoms with E-state index in [0.717, 1.165) is 13.8 Å². The smallest absolute Gasteiger partial charge is 0.303 e. The monoisotopic (exact) mass is 803 g/mol. The average Bonchev–Trinajstić information content (AvgIpc) is 3.13. The van der Waals surface area contributed by atoms with Crippen molar-refractivity contribution in [2.75, 3.05) is 19.8 Å². The quantitative estimate of drug-likeness (QED) is 0.0198. The zero-order chi connectivity index (χ0) is 42.7. The molecule has 25 heteroatoms. The lowest BCUT2D eigenvalue weighted by Crippen LogP contribution is -2.65. The van der Waals surface area contributed by atoms with Crippen LogP contribution in [0.15, 0.2) is 5.11 Å². The van der Waals surface area contributed by atoms with E-state index in [0.29, 0.717) is 12.8 Å². The summed E-state index contributed by atoms with van der Waals surface area (Å²) in [6, 6.07) is -8.21. The van der Waals surface area contributed by atoms with Crippen LogP contribution in [-0.4, -0.2) is 154 Å². The number of hydrogen-bond acceptors (Lipinski definition) is 16. The predicted molar refractivity (Wildman–Crippen MR) is 190 cm³/mol. The molecule has 1 rings (SSSR count). The Bertz CT molecular complexity index is 1450. The number of nitrogens with zero attached hydrogens (tertiary/aromatic N) is 3. The fourth-order valence-corrected chi connectivity index (χ4v) is 5.14. The standard InChI is InChI=1S/C31H53N11O14/c1-13(33)25(49)37-18(8-9-21(46)47)29(53)38-17(7-5-6-10-32)28(52)35-14(2)26(50)39-19(11-43)30(54)40-27(51)15(3)55-24-22(36-16(4)45)31(41-42-34)56-20(12-44)23(24)48/h13-15,17-20,22-24,31,43-44,48H,5-12,32-33H2,1-4H3,(H,35,52)(H,36,45)(H,37,49)(H,38,53)(H,39,50)(H,46,47)(H,40,51,54)/t13-,14+,15+,17-,18+,19+,20+,22+,23+,24+,31+/m0/s1. The molecule has 0 bridgehead atoms. The Kier molecular flexibility index (Phi) is 21.4. The van der Waals surface area contributed by atoms with Crippen LogP contribution in [0.1, 0.15) is 59.8 Å². The van der Waals surface area contributed by atoms with Gasteiger partial charge in [-0.25, -0.2) is 0 Å². The van der Waals surface area contributed by atoms with Gasteiger partial charge in [0.1, 0.15) is 48.6 Å². The van der Waals surface area contributed by atoms with Crippen LogP contribution in [0, 0.1) is 0 Å². The first-order chi connectivity index (χ1) is 26.3. The van der Waals surface area contributed by atoms with Gasteiger partial charge >= 0.3 is 5.97 Å². The van der Waals surface area contributed by atoms with E-state index in [4.69, 9.17) is 31.6 Å². The number of hydrogen-bond donors (Lipinski definition) is 12. The largest absolute Gasteiger partial charge is 0.481 e. The summed E-state index contributed by atoms with van der Waals surface area (Å²) in [6.45, 7) is 3.27. The molecule has 0 aromatic heterocycles. The number of ether oxygens (including phenoxy) is 2. The van der Waals surface area contributed by atoms with E-state index in [1.165, 1.54) is 13.8 Å². The van der Waals surface area contributed by atoms with E-state index >= 15 is 0 Å². The minimum Gasteiger partial charge on any atom is -0.481 e. The summed E-state index contributed by atoms with van der Waals surface area (Å²) >= 11 is 0. The molecule has 7 amide bonds. The number of carbonyl (C=O) groups is 8. The first-order valence-electron chi connectivity index (χ1n) is 17.6. The second kappa shape index (κ2) is 24.5. The van der Waals surface area contributed by atoms with Crippen molar-refractivity contribution in [3.63, 3.8) is 0 Å². The SMILES string of the molecule is CC(=O)N[C@@H]1[C@@H](O[C@H](C)C(=O)NC(=O)[C@@H](CO)NC(=O)[C@@H](C)NC(=O)[C@H](CCCCN)NC(=O)[C@@H](CCC(=O)O)NC(=O)[C@H](C)N)[C@H](O)[C@@H](CO)O[C@H]1N=[N+]=[N-]. The van der Waals surface area contributed by atoms with Crippen molar-refractivity contribution < 1.29 is 68.3 Å². The molecule has 0 aliphatic carbocycles. The van der Waals surface area contributed by atoms with E-state index in [1.807, 2.05) is 5.32 Å². The summed E-state index contributed by atoms with van der Waals surface area (Å²) in [4.78, 5) is 103. The third kappa shape index (κ3) is 16.0. The van der Waals surface area contributed by atoms with Crippen LogP contribution in [0.3, 0.4) is 0 Å². The average molecular weight is 804 g/mol. The van der Waals surface area contributed by atoms with Gasteiger partial charge in [-0.1, -0.05) is 5.11 Å². The minimum absolute atomic E-state index is 0.0172. The van der Waals surface area contributed by atoms with Gasteiger partial charge in [-0.05, 0) is 58.5 Å². The van der Waals surface area contributed by atoms with Gasteiger partial charge < -0.3 is 68.0 Å². The molecule has 0 unspecified atom stereocenters. The maximum Gasteiger partial charge on any atom is 0.303 e. The number of nitrogens with two attached hydrogens (primary N) is 2. The molecule has 0 radical (unpaired) electrons. The Morgan fingerprint density at radius 3 is 1.98 bits per heavy atom. The van der Waals surface area contributed by atoms with E-state index in [2.05, 4.69) is 36.6 Å². The third-order valence-corrected chi connectivity index (χ3v) is 8.23. The number of carboxylic acid groups (broad SMARTS) is 1. The molecular formula is C31H53N11O14. The zero-order valence-corrected chi connectivity index (χ0v) is 31.4. The van der Waals surface area contributed by atoms with Crippen molar-refractivity contribution in [3.05, 3.63) is 10.4 Å². The second-order valence-electron chi connectivity index (χ2n) is 12.9. The van der Waals surface area contributed by atoms with Crippen molar-refractivity contribution >= 4 is 47.3 Å². The molecule has 0 aromatic rings. The highest BCUT2D eigenvalue weighted by molar-refractivity contribution is 6.01. The summed E-state index contributed by atoms with van der Waals surface area (Å²) in [5, 5.41) is 56.3. The molecule has 1 saturated heterocycles. The third-order valence-electron chi connectivity index (χ3n) is 8.23. The number of rotatable bonds is 23. The van der Waals surface area contributed by atoms with Crippen LogP contribution in [0.25, 0.3) is 10.4 Å². The Labute approximate surface area is 320 Å². The minimum atomic E-state index is -1.75. The summed E-state index contributed by atoms with van der Waals surface area (Å²) in [5.74, 6) is -7.80. The number of carboxylic acids is 1. The van der Waals surface area contributed by atoms with E-state index in [9.17, 15) is 53.7 Å². The Balaban J connectivity index is 3.02. The predicted octanol–water partition coefficient (Wildman–Crippen LogP) is -5.41. The summed E-state index contributed by atoms with van der Waals surface area (Å²) < 4.78 is 11.0. The lowest BCUT2D eigenvalue weighted by Gasteiger charge is -2.43. The Morgan fingerprint density at radius 1 is 0.857 bits per heavy atom. The number of imide groups is 1. The van der Waals surface area contributed by atoms with Gasteiger partial charge in [0.2, 0.25) is 29.5 Å². The highest BCUT2D eigenvalue weighted by atomic mass is 16.6. The molecule has 316 valence electrons. The van der Waals surface area contributed by atoms with Gasteiger partial charge in [0.25, 0.3) is 11.8 Å². The summed E-state index contributed by atoms with van der Waals surface area (Å²) in [7, 11) is 0. The normalized spacial score (nSPS) is 22.3. The number of aliphatic hydroxyl groups is 3. The van der Waals surface area contributed by atoms with Crippen LogP contribution in [0.5, 0.6) is 0 Å². The number of amides is 7. The fourth-order valence-electron chi connectivity index (χ4n) is 5.14. The van der Waals surface area contributed by atoms with Crippen LogP contribution in [-0.2, 0) is 47.8 Å². The number of unbranched alkanes of at least 4 members (excludes halogenated alkanes) is 1. The molecule has 0 saturated carbocycles. The topological polar surface area (TPSA) is 409 Å². The van der Waals surface area contributed by atoms with Gasteiger partial charge in [0.15, 0.2) is 6.23 Å². The number of carbonyl (C=O) groups excluding carboxylic acids is 7. The van der Waals surface area contributed by atoms with Crippen molar-refractivity contribution in [1.82, 2.24) is 31.9 Å². The van der Waals surface area contributed by atoms with E-state index in [-0.39, 0.29) is 19.4 Å². The van der Waals surface area contributed by atoms with Crippen LogP contribution in [0.2, 0.25) is 0 Å². The summed E-state index contributed by atoms with van der Waals surface area (Å²) in [6.07, 6.45) is -7.62. The van der Waals surface area contributed by atoms with Crippen molar-refractivity contribution in [2.45, 2.75) is 127 Å². The molecule has 1 aliphatic rings. The van der Waals surface area contributed by atoms with E-state index < -0.39 is 134 Å². The van der Waals surface area contributed by atoms with Crippen molar-refractivity contribution in [1.29, 1.82) is 0 Å². The lowest BCUT2D eigenvalue weighted by atomic mass is 9.95. The zero-order valence-electron chi connectivity index (χ0n) is 31.4. The van der Waals surface area contributed by atoms with E-state index in [1.54, 1.807) is 0 Å². The molecular weight excluding hydrogens is 750 g/mol. The first kappa shape index (κ1) is 49.0. The highest BCUT2D eigenvalue weighted by Crippen LogP contribution is 2.26. The van der Waals surface area contributed by atoms with Gasteiger partial charge in [-0.15, -0.1) is 0 Å². The van der Waals surface area contributed by atoms with Gasteiger partial charge in [-0.2, -0.15) is 0 Å². The Morgan fingerprint density at radius 2 is 1.45 bits per heavy atom. The van der Waals surface area contributed by atoms with Crippen LogP contribution >= 0.6 is 0 Å². The van der Waals surface area contributed by atoms with Crippen LogP contribution in [0.4, 0.5) is 0 Å². The molecule has 0 aromatic carbocycles. The number of aliphatic hydroxyl groups excluding tert-OH is 3. The number of azide groups is 1. The van der Waals surface area contributed by atoms with Crippen molar-refractivity contribution in [3.8, 4) is 0 Å². The molecule has 0 spiro atoms. The molecule has 1 heterocycles. The maximum absolute atomic E-state index is 13.3. The van der Waals surface area contributed by atoms with Gasteiger partial charge in [0, 0.05) is 18.3 Å². The second-order valence-corrected chi connectivity index (χ2v) is 12.9. The molecule has 14 N–H and O–H groups in total. The lowest BCUT2D eigenvalue weighted by molar-refractivity contribution is -0.215. The Hall–Kier alpha value is -5.01.